The molecule has 5 rings (SSSR count). The lowest BCUT2D eigenvalue weighted by molar-refractivity contribution is -0.132. The van der Waals surface area contributed by atoms with Crippen LogP contribution in [0, 0.1) is 0 Å². The van der Waals surface area contributed by atoms with Crippen molar-refractivity contribution in [1.29, 1.82) is 0 Å². The van der Waals surface area contributed by atoms with Crippen molar-refractivity contribution in [2.24, 2.45) is 0 Å². The molecule has 0 atom stereocenters. The summed E-state index contributed by atoms with van der Waals surface area (Å²) in [7, 11) is 0. The maximum Gasteiger partial charge on any atom is 0.332 e. The lowest BCUT2D eigenvalue weighted by atomic mass is 10.1. The number of ether oxygens (including phenoxy) is 2. The van der Waals surface area contributed by atoms with E-state index in [9.17, 15) is 19.2 Å². The third-order valence-corrected chi connectivity index (χ3v) is 8.18. The molecule has 0 saturated heterocycles. The molecule has 0 bridgehead atoms. The van der Waals surface area contributed by atoms with E-state index in [2.05, 4.69) is 5.32 Å². The summed E-state index contributed by atoms with van der Waals surface area (Å²) in [6.07, 6.45) is 2.20. The molecular weight excluding hydrogens is 556 g/mol. The van der Waals surface area contributed by atoms with Crippen LogP contribution < -0.4 is 26.0 Å². The third-order valence-electron chi connectivity index (χ3n) is 7.29. The maximum absolute atomic E-state index is 13.4. The number of unbranched alkanes of at least 4 members (excludes halogenated alkanes) is 2. The zero-order valence-electron chi connectivity index (χ0n) is 23.5. The van der Waals surface area contributed by atoms with E-state index >= 15 is 0 Å². The Hall–Kier alpha value is -4.38. The number of aromatic nitrogens is 2. The number of likely N-dealkylation sites (N-methyl/N-ethyl adjacent to an activating group) is 1. The van der Waals surface area contributed by atoms with Crippen molar-refractivity contribution in [2.75, 3.05) is 13.3 Å². The monoisotopic (exact) mass is 590 g/mol. The first-order valence-corrected chi connectivity index (χ1v) is 15.0. The van der Waals surface area contributed by atoms with Gasteiger partial charge in [-0.05, 0) is 54.5 Å². The van der Waals surface area contributed by atoms with Gasteiger partial charge in [-0.25, -0.2) is 4.79 Å². The average molecular weight is 591 g/mol. The topological polar surface area (TPSA) is 112 Å². The number of thiophene rings is 1. The van der Waals surface area contributed by atoms with E-state index in [-0.39, 0.29) is 37.3 Å². The van der Waals surface area contributed by atoms with Gasteiger partial charge in [-0.15, -0.1) is 11.3 Å². The Kier molecular flexibility index (Phi) is 9.38. The molecule has 0 spiro atoms. The van der Waals surface area contributed by atoms with Gasteiger partial charge in [0.05, 0.1) is 5.52 Å². The summed E-state index contributed by atoms with van der Waals surface area (Å²) in [6, 6.07) is 17.0. The van der Waals surface area contributed by atoms with Crippen molar-refractivity contribution >= 4 is 33.4 Å². The Bertz CT molecular complexity index is 1680. The molecule has 1 aliphatic heterocycles. The van der Waals surface area contributed by atoms with E-state index in [1.54, 1.807) is 16.3 Å². The van der Waals surface area contributed by atoms with Crippen LogP contribution in [0.4, 0.5) is 0 Å². The summed E-state index contributed by atoms with van der Waals surface area (Å²) >= 11 is 1.27. The summed E-state index contributed by atoms with van der Waals surface area (Å²) in [5.74, 6) is 1.12. The van der Waals surface area contributed by atoms with E-state index in [1.165, 1.54) is 20.5 Å². The van der Waals surface area contributed by atoms with Gasteiger partial charge in [0, 0.05) is 32.6 Å². The highest BCUT2D eigenvalue weighted by Crippen LogP contribution is 2.32. The molecule has 0 aliphatic carbocycles. The van der Waals surface area contributed by atoms with E-state index < -0.39 is 5.69 Å². The van der Waals surface area contributed by atoms with Crippen molar-refractivity contribution in [2.45, 2.75) is 58.8 Å². The second-order valence-electron chi connectivity index (χ2n) is 10.1. The SMILES string of the molecule is CCN(Cc1ccccc1)C(=O)Cn1c(=O)n(CCCCCC(=O)NCc2ccc3c(c2)OCO3)c(=O)c2sccc21. The van der Waals surface area contributed by atoms with E-state index in [0.717, 1.165) is 11.1 Å². The standard InChI is InChI=1S/C31H34N4O6S/c1-2-33(19-22-9-5-3-6-10-22)28(37)20-35-24-14-16-42-29(24)30(38)34(31(35)39)15-8-4-7-11-27(36)32-18-23-12-13-25-26(17-23)41-21-40-25/h3,5-6,9-10,12-14,16-17H,2,4,7-8,11,15,18-21H2,1H3,(H,32,36). The van der Waals surface area contributed by atoms with Gasteiger partial charge in [0.25, 0.3) is 5.56 Å². The van der Waals surface area contributed by atoms with Gasteiger partial charge in [-0.3, -0.25) is 23.5 Å². The van der Waals surface area contributed by atoms with Gasteiger partial charge in [-0.1, -0.05) is 42.8 Å². The molecular formula is C31H34N4O6S. The molecule has 10 nitrogen and oxygen atoms in total. The number of hydrogen-bond acceptors (Lipinski definition) is 7. The maximum atomic E-state index is 13.4. The largest absolute Gasteiger partial charge is 0.454 e. The Morgan fingerprint density at radius 2 is 1.76 bits per heavy atom. The van der Waals surface area contributed by atoms with Crippen LogP contribution in [0.25, 0.3) is 10.2 Å². The number of carbonyl (C=O) groups is 2. The van der Waals surface area contributed by atoms with Crippen LogP contribution in [0.3, 0.4) is 0 Å². The molecule has 220 valence electrons. The first-order valence-electron chi connectivity index (χ1n) is 14.1. The summed E-state index contributed by atoms with van der Waals surface area (Å²) in [4.78, 5) is 53.9. The quantitative estimate of drug-likeness (QED) is 0.237. The first-order chi connectivity index (χ1) is 20.4. The number of nitrogens with one attached hydrogen (secondary N) is 1. The number of nitrogens with zero attached hydrogens (tertiary/aromatic N) is 3. The smallest absolute Gasteiger partial charge is 0.332 e. The van der Waals surface area contributed by atoms with Gasteiger partial charge < -0.3 is 19.7 Å². The molecule has 1 aliphatic rings. The molecule has 0 radical (unpaired) electrons. The minimum atomic E-state index is -0.489. The van der Waals surface area contributed by atoms with E-state index in [0.29, 0.717) is 67.0 Å². The van der Waals surface area contributed by atoms with E-state index in [1.807, 2.05) is 55.5 Å². The average Bonchev–Trinajstić information content (AvgIpc) is 3.69. The molecule has 0 unspecified atom stereocenters. The second kappa shape index (κ2) is 13.5. The van der Waals surface area contributed by atoms with Crippen molar-refractivity contribution < 1.29 is 19.1 Å². The third kappa shape index (κ3) is 6.73. The van der Waals surface area contributed by atoms with Crippen molar-refractivity contribution in [1.82, 2.24) is 19.4 Å². The number of hydrogen-bond donors (Lipinski definition) is 1. The summed E-state index contributed by atoms with van der Waals surface area (Å²) in [5, 5.41) is 4.67. The van der Waals surface area contributed by atoms with Gasteiger partial charge in [0.1, 0.15) is 11.2 Å². The second-order valence-corrected chi connectivity index (χ2v) is 11.0. The van der Waals surface area contributed by atoms with E-state index in [4.69, 9.17) is 9.47 Å². The highest BCUT2D eigenvalue weighted by molar-refractivity contribution is 7.17. The molecule has 4 aromatic rings. The number of fused-ring (bicyclic) bond motifs is 2. The van der Waals surface area contributed by atoms with Gasteiger partial charge in [-0.2, -0.15) is 0 Å². The predicted molar refractivity (Wildman–Crippen MR) is 161 cm³/mol. The van der Waals surface area contributed by atoms with Crippen molar-refractivity contribution in [3.05, 3.63) is 91.9 Å². The Morgan fingerprint density at radius 3 is 2.57 bits per heavy atom. The van der Waals surface area contributed by atoms with Crippen LogP contribution in [0.2, 0.25) is 0 Å². The van der Waals surface area contributed by atoms with Crippen molar-refractivity contribution in [3.8, 4) is 11.5 Å². The fourth-order valence-electron chi connectivity index (χ4n) is 4.97. The molecule has 0 saturated carbocycles. The molecule has 2 aromatic carbocycles. The lowest BCUT2D eigenvalue weighted by Crippen LogP contribution is -2.43. The van der Waals surface area contributed by atoms with Crippen molar-refractivity contribution in [3.63, 3.8) is 0 Å². The lowest BCUT2D eigenvalue weighted by Gasteiger charge is -2.22. The Balaban J connectivity index is 1.16. The fraction of sp³-hybridized carbons (Fsp3) is 0.355. The number of carbonyl (C=O) groups excluding carboxylic acids is 2. The number of rotatable bonds is 13. The molecule has 2 amide bonds. The van der Waals surface area contributed by atoms with Crippen LogP contribution in [-0.2, 0) is 35.8 Å². The molecule has 11 heteroatoms. The first kappa shape index (κ1) is 29.1. The summed E-state index contributed by atoms with van der Waals surface area (Å²) in [6.45, 7) is 3.53. The molecule has 42 heavy (non-hydrogen) atoms. The van der Waals surface area contributed by atoms with Gasteiger partial charge in [0.15, 0.2) is 11.5 Å². The Morgan fingerprint density at radius 1 is 0.952 bits per heavy atom. The highest BCUT2D eigenvalue weighted by Gasteiger charge is 2.19. The van der Waals surface area contributed by atoms with Gasteiger partial charge >= 0.3 is 5.69 Å². The zero-order valence-corrected chi connectivity index (χ0v) is 24.4. The van der Waals surface area contributed by atoms with Gasteiger partial charge in [0.2, 0.25) is 18.6 Å². The normalized spacial score (nSPS) is 12.0. The zero-order chi connectivity index (χ0) is 29.5. The van der Waals surface area contributed by atoms with Crippen LogP contribution in [-0.4, -0.2) is 39.2 Å². The van der Waals surface area contributed by atoms with Crippen LogP contribution in [0.15, 0.2) is 69.6 Å². The van der Waals surface area contributed by atoms with Crippen LogP contribution >= 0.6 is 11.3 Å². The predicted octanol–water partition coefficient (Wildman–Crippen LogP) is 3.88. The molecule has 0 fully saturated rings. The minimum absolute atomic E-state index is 0.0679. The number of benzene rings is 2. The summed E-state index contributed by atoms with van der Waals surface area (Å²) in [5.41, 5.74) is 1.58. The molecule has 1 N–H and O–H groups in total. The molecule has 3 heterocycles. The minimum Gasteiger partial charge on any atom is -0.454 e. The summed E-state index contributed by atoms with van der Waals surface area (Å²) < 4.78 is 13.8. The number of amides is 2. The Labute approximate surface area is 247 Å². The molecule has 2 aromatic heterocycles. The highest BCUT2D eigenvalue weighted by atomic mass is 32.1. The fourth-order valence-corrected chi connectivity index (χ4v) is 5.81. The van der Waals surface area contributed by atoms with Crippen LogP contribution in [0.1, 0.15) is 43.7 Å². The van der Waals surface area contributed by atoms with Crippen LogP contribution in [0.5, 0.6) is 11.5 Å².